The van der Waals surface area contributed by atoms with E-state index in [0.29, 0.717) is 28.7 Å². The van der Waals surface area contributed by atoms with Crippen molar-refractivity contribution in [1.29, 1.82) is 0 Å². The highest BCUT2D eigenvalue weighted by atomic mass is 19.1. The number of anilines is 3. The molecule has 0 aliphatic carbocycles. The predicted molar refractivity (Wildman–Crippen MR) is 199 cm³/mol. The maximum atomic E-state index is 16.7. The number of likely N-dealkylation sites (tertiary alicyclic amines) is 1. The van der Waals surface area contributed by atoms with Crippen molar-refractivity contribution in [2.75, 3.05) is 41.8 Å². The molecule has 2 N–H and O–H groups in total. The van der Waals surface area contributed by atoms with Crippen LogP contribution in [0, 0.1) is 18.7 Å². The van der Waals surface area contributed by atoms with Crippen LogP contribution < -0.4 is 20.3 Å². The maximum Gasteiger partial charge on any atom is 0.415 e. The summed E-state index contributed by atoms with van der Waals surface area (Å²) in [5.74, 6) is -0.718. The van der Waals surface area contributed by atoms with E-state index in [1.54, 1.807) is 69.2 Å². The van der Waals surface area contributed by atoms with E-state index in [-0.39, 0.29) is 53.9 Å². The monoisotopic (exact) mass is 752 g/mol. The molecule has 4 heterocycles. The molecule has 16 heteroatoms. The van der Waals surface area contributed by atoms with Crippen molar-refractivity contribution in [1.82, 2.24) is 14.9 Å². The zero-order valence-electron chi connectivity index (χ0n) is 32.6. The molecule has 292 valence electrons. The normalized spacial score (nSPS) is 17.3. The van der Waals surface area contributed by atoms with Gasteiger partial charge in [0.1, 0.15) is 41.0 Å². The van der Waals surface area contributed by atoms with Crippen LogP contribution >= 0.6 is 0 Å². The van der Waals surface area contributed by atoms with E-state index in [2.05, 4.69) is 20.6 Å². The molecule has 2 aromatic heterocycles. The molecule has 1 aromatic carbocycles. The average molecular weight is 753 g/mol. The molecular formula is C38H49FN6O9. The fraction of sp³-hybridized carbons (Fsp3) is 0.526. The smallest absolute Gasteiger partial charge is 0.415 e. The van der Waals surface area contributed by atoms with Crippen molar-refractivity contribution in [2.45, 2.75) is 99.1 Å². The summed E-state index contributed by atoms with van der Waals surface area (Å²) in [5, 5.41) is 5.74. The number of hydrogen-bond donors (Lipinski definition) is 2. The van der Waals surface area contributed by atoms with Crippen LogP contribution in [0.1, 0.15) is 74.8 Å². The van der Waals surface area contributed by atoms with Gasteiger partial charge in [0.05, 0.1) is 18.8 Å². The Balaban J connectivity index is 1.50. The topological polar surface area (TPSA) is 171 Å². The van der Waals surface area contributed by atoms with Gasteiger partial charge in [0.25, 0.3) is 0 Å². The van der Waals surface area contributed by atoms with E-state index in [1.165, 1.54) is 34.3 Å². The minimum Gasteiger partial charge on any atom is -0.474 e. The lowest BCUT2D eigenvalue weighted by atomic mass is 9.96. The molecule has 2 aliphatic heterocycles. The molecular weight excluding hydrogens is 703 g/mol. The molecule has 1 fully saturated rings. The van der Waals surface area contributed by atoms with Crippen molar-refractivity contribution < 1.29 is 47.3 Å². The maximum absolute atomic E-state index is 16.7. The number of nitrogens with zero attached hydrogens (tertiary/aromatic N) is 4. The Morgan fingerprint density at radius 2 is 1.48 bits per heavy atom. The first-order chi connectivity index (χ1) is 25.0. The summed E-state index contributed by atoms with van der Waals surface area (Å²) in [6.45, 7) is 20.0. The highest BCUT2D eigenvalue weighted by molar-refractivity contribution is 6.05. The number of ether oxygens (including phenoxy) is 5. The van der Waals surface area contributed by atoms with Crippen LogP contribution in [0.4, 0.5) is 40.8 Å². The second-order valence-corrected chi connectivity index (χ2v) is 16.4. The third-order valence-corrected chi connectivity index (χ3v) is 8.27. The van der Waals surface area contributed by atoms with Crippen molar-refractivity contribution in [3.63, 3.8) is 0 Å². The molecule has 3 aromatic rings. The van der Waals surface area contributed by atoms with E-state index in [0.717, 1.165) is 0 Å². The minimum absolute atomic E-state index is 0.0258. The van der Waals surface area contributed by atoms with Gasteiger partial charge in [0.2, 0.25) is 5.88 Å². The zero-order valence-corrected chi connectivity index (χ0v) is 32.6. The van der Waals surface area contributed by atoms with Crippen LogP contribution in [-0.4, -0.2) is 88.4 Å². The van der Waals surface area contributed by atoms with Crippen LogP contribution in [0.15, 0.2) is 24.5 Å². The molecule has 54 heavy (non-hydrogen) atoms. The molecule has 5 rings (SSSR count). The second-order valence-electron chi connectivity index (χ2n) is 16.4. The van der Waals surface area contributed by atoms with E-state index < -0.39 is 53.1 Å². The molecule has 2 atom stereocenters. The van der Waals surface area contributed by atoms with Crippen molar-refractivity contribution in [3.05, 3.63) is 35.9 Å². The standard InChI is InChI=1S/C38H49FN6O9/c1-20-18-44(34(48)53-37(6,7)8)19-26(20)51-32(46)42-27-15-22-14-23(28(39)29(25(22)17-40-27)43-33(47)52-36(3,4)5)24-16-41-31-30(21(24)2)45(12-13-50-31)35(49)54-38(9,10)11/h14-17,20,26H,12-13,18-19H2,1-11H3,(H,43,47)(H,40,42,46)/t20-,26+/m0/s1. The number of carbonyl (C=O) groups excluding carboxylic acids is 4. The van der Waals surface area contributed by atoms with Crippen LogP contribution in [0.2, 0.25) is 0 Å². The molecule has 4 amide bonds. The van der Waals surface area contributed by atoms with Gasteiger partial charge in [0, 0.05) is 41.4 Å². The van der Waals surface area contributed by atoms with Crippen molar-refractivity contribution in [2.24, 2.45) is 5.92 Å². The first-order valence-electron chi connectivity index (χ1n) is 17.7. The highest BCUT2D eigenvalue weighted by Gasteiger charge is 2.37. The Morgan fingerprint density at radius 1 is 0.833 bits per heavy atom. The van der Waals surface area contributed by atoms with Crippen LogP contribution in [0.25, 0.3) is 21.9 Å². The molecule has 2 aliphatic rings. The van der Waals surface area contributed by atoms with Crippen molar-refractivity contribution >= 4 is 52.3 Å². The number of carbonyl (C=O) groups is 4. The lowest BCUT2D eigenvalue weighted by Gasteiger charge is -2.32. The molecule has 1 saturated heterocycles. The number of hydrogen-bond acceptors (Lipinski definition) is 11. The summed E-state index contributed by atoms with van der Waals surface area (Å²) in [5.41, 5.74) is -1.44. The van der Waals surface area contributed by atoms with E-state index in [4.69, 9.17) is 23.7 Å². The Kier molecular flexibility index (Phi) is 10.9. The number of pyridine rings is 2. The third kappa shape index (κ3) is 9.38. The molecule has 0 unspecified atom stereocenters. The van der Waals surface area contributed by atoms with Crippen LogP contribution in [-0.2, 0) is 18.9 Å². The fourth-order valence-corrected chi connectivity index (χ4v) is 6.01. The quantitative estimate of drug-likeness (QED) is 0.247. The average Bonchev–Trinajstić information content (AvgIpc) is 3.39. The zero-order chi connectivity index (χ0) is 39.9. The van der Waals surface area contributed by atoms with Gasteiger partial charge in [-0.2, -0.15) is 0 Å². The van der Waals surface area contributed by atoms with Crippen LogP contribution in [0.3, 0.4) is 0 Å². The van der Waals surface area contributed by atoms with Gasteiger partial charge in [-0.15, -0.1) is 0 Å². The number of halogens is 1. The first-order valence-corrected chi connectivity index (χ1v) is 17.7. The predicted octanol–water partition coefficient (Wildman–Crippen LogP) is 8.03. The summed E-state index contributed by atoms with van der Waals surface area (Å²) in [7, 11) is 0. The van der Waals surface area contributed by atoms with Gasteiger partial charge >= 0.3 is 24.4 Å². The van der Waals surface area contributed by atoms with Gasteiger partial charge in [-0.1, -0.05) is 6.92 Å². The number of amides is 4. The minimum atomic E-state index is -0.901. The number of fused-ring (bicyclic) bond motifs is 2. The summed E-state index contributed by atoms with van der Waals surface area (Å²) < 4.78 is 44.7. The lowest BCUT2D eigenvalue weighted by Crippen LogP contribution is -2.42. The number of benzene rings is 1. The first kappa shape index (κ1) is 39.8. The largest absolute Gasteiger partial charge is 0.474 e. The Hall–Kier alpha value is -5.41. The van der Waals surface area contributed by atoms with Crippen LogP contribution in [0.5, 0.6) is 5.88 Å². The Labute approximate surface area is 313 Å². The molecule has 0 saturated carbocycles. The van der Waals surface area contributed by atoms with E-state index in [9.17, 15) is 19.2 Å². The second kappa shape index (κ2) is 14.8. The lowest BCUT2D eigenvalue weighted by molar-refractivity contribution is 0.0262. The van der Waals surface area contributed by atoms with Crippen molar-refractivity contribution in [3.8, 4) is 17.0 Å². The van der Waals surface area contributed by atoms with Gasteiger partial charge in [-0.3, -0.25) is 15.5 Å². The van der Waals surface area contributed by atoms with Gasteiger partial charge in [-0.05, 0) is 92.3 Å². The van der Waals surface area contributed by atoms with E-state index in [1.807, 2.05) is 6.92 Å². The summed E-state index contributed by atoms with van der Waals surface area (Å²) in [6.07, 6.45) is -0.688. The summed E-state index contributed by atoms with van der Waals surface area (Å²) >= 11 is 0. The number of rotatable bonds is 4. The number of nitrogens with one attached hydrogen (secondary N) is 2. The molecule has 15 nitrogen and oxygen atoms in total. The van der Waals surface area contributed by atoms with Gasteiger partial charge in [-0.25, -0.2) is 33.5 Å². The Morgan fingerprint density at radius 3 is 2.13 bits per heavy atom. The molecule has 0 radical (unpaired) electrons. The van der Waals surface area contributed by atoms with Gasteiger partial charge < -0.3 is 28.6 Å². The highest BCUT2D eigenvalue weighted by Crippen LogP contribution is 2.42. The summed E-state index contributed by atoms with van der Waals surface area (Å²) in [6, 6.07) is 3.03. The van der Waals surface area contributed by atoms with Gasteiger partial charge in [0.15, 0.2) is 5.82 Å². The number of aromatic nitrogens is 2. The fourth-order valence-electron chi connectivity index (χ4n) is 6.01. The molecule has 0 bridgehead atoms. The van der Waals surface area contributed by atoms with E-state index >= 15 is 4.39 Å². The molecule has 0 spiro atoms. The third-order valence-electron chi connectivity index (χ3n) is 8.27. The Bertz CT molecular complexity index is 1970. The SMILES string of the molecule is Cc1c(-c2cc3cc(NC(=O)O[C@@H]4CN(C(=O)OC(C)(C)C)C[C@@H]4C)ncc3c(NC(=O)OC(C)(C)C)c2F)cnc2c1N(C(=O)OC(C)(C)C)CCO2. The summed E-state index contributed by atoms with van der Waals surface area (Å²) in [4.78, 5) is 63.6.